The van der Waals surface area contributed by atoms with Crippen molar-refractivity contribution < 1.29 is 4.79 Å². The second-order valence-corrected chi connectivity index (χ2v) is 6.61. The highest BCUT2D eigenvalue weighted by Gasteiger charge is 2.15. The van der Waals surface area contributed by atoms with Gasteiger partial charge in [-0.15, -0.1) is 0 Å². The first kappa shape index (κ1) is 16.2. The van der Waals surface area contributed by atoms with E-state index < -0.39 is 0 Å². The van der Waals surface area contributed by atoms with Gasteiger partial charge >= 0.3 is 0 Å². The Hall–Kier alpha value is -4.00. The first-order valence-electron chi connectivity index (χ1n) is 8.82. The minimum atomic E-state index is -0.225. The molecule has 0 saturated heterocycles. The first-order chi connectivity index (χ1) is 13.7. The van der Waals surface area contributed by atoms with E-state index >= 15 is 0 Å². The van der Waals surface area contributed by atoms with E-state index in [9.17, 15) is 4.79 Å². The van der Waals surface area contributed by atoms with Crippen LogP contribution in [-0.4, -0.2) is 30.5 Å². The van der Waals surface area contributed by atoms with Gasteiger partial charge in [0.15, 0.2) is 0 Å². The fourth-order valence-electron chi connectivity index (χ4n) is 3.30. The lowest BCUT2D eigenvalue weighted by Gasteiger charge is -2.05. The van der Waals surface area contributed by atoms with Crippen LogP contribution < -0.4 is 5.32 Å². The largest absolute Gasteiger partial charge is 0.346 e. The van der Waals surface area contributed by atoms with E-state index in [1.165, 1.54) is 0 Å². The predicted octanol–water partition coefficient (Wildman–Crippen LogP) is 3.83. The van der Waals surface area contributed by atoms with Crippen LogP contribution in [-0.2, 0) is 0 Å². The van der Waals surface area contributed by atoms with Gasteiger partial charge in [0.2, 0.25) is 0 Å². The lowest BCUT2D eigenvalue weighted by atomic mass is 10.1. The summed E-state index contributed by atoms with van der Waals surface area (Å²) in [5.41, 5.74) is 5.82. The van der Waals surface area contributed by atoms with Gasteiger partial charge in [0.1, 0.15) is 5.65 Å². The molecule has 0 unspecified atom stereocenters. The molecule has 28 heavy (non-hydrogen) atoms. The van der Waals surface area contributed by atoms with Crippen molar-refractivity contribution >= 4 is 28.1 Å². The second kappa shape index (κ2) is 6.31. The molecule has 2 N–H and O–H groups in total. The number of nitrogens with zero attached hydrogens (tertiary/aromatic N) is 4. The number of aromatic amines is 1. The Balaban J connectivity index is 1.58. The molecule has 7 nitrogen and oxygen atoms in total. The lowest BCUT2D eigenvalue weighted by molar-refractivity contribution is 0.102. The zero-order valence-corrected chi connectivity index (χ0v) is 15.0. The van der Waals surface area contributed by atoms with Gasteiger partial charge in [-0.2, -0.15) is 5.10 Å². The number of carbonyl (C=O) groups excluding carboxylic acids is 1. The number of aryl methyl sites for hydroxylation is 1. The Kier molecular flexibility index (Phi) is 3.65. The molecule has 5 aromatic heterocycles. The number of carbonyl (C=O) groups is 1. The van der Waals surface area contributed by atoms with Crippen molar-refractivity contribution in [3.8, 4) is 11.1 Å². The minimum absolute atomic E-state index is 0.225. The third-order valence-corrected chi connectivity index (χ3v) is 4.66. The molecule has 5 aromatic rings. The standard InChI is InChI=1S/C21H16N6O/c1-13-7-16-17(11-24-20(16)23-9-13)14-4-6-27-19(8-14)18(12-25-27)21(28)26-15-3-2-5-22-10-15/h2-12H,1H3,(H,23,24)(H,26,28). The van der Waals surface area contributed by atoms with Gasteiger partial charge in [0.05, 0.1) is 29.2 Å². The maximum atomic E-state index is 12.7. The Bertz CT molecular complexity index is 1320. The molecule has 0 aromatic carbocycles. The van der Waals surface area contributed by atoms with Crippen molar-refractivity contribution in [2.45, 2.75) is 6.92 Å². The van der Waals surface area contributed by atoms with E-state index in [1.807, 2.05) is 37.6 Å². The zero-order chi connectivity index (χ0) is 19.1. The highest BCUT2D eigenvalue weighted by molar-refractivity contribution is 6.09. The second-order valence-electron chi connectivity index (χ2n) is 6.61. The van der Waals surface area contributed by atoms with E-state index in [2.05, 4.69) is 31.4 Å². The summed E-state index contributed by atoms with van der Waals surface area (Å²) in [6.07, 6.45) is 10.5. The Morgan fingerprint density at radius 2 is 2.11 bits per heavy atom. The van der Waals surface area contributed by atoms with Gasteiger partial charge in [-0.05, 0) is 48.4 Å². The van der Waals surface area contributed by atoms with Crippen LogP contribution in [0.5, 0.6) is 0 Å². The number of nitrogens with one attached hydrogen (secondary N) is 2. The maximum absolute atomic E-state index is 12.7. The highest BCUT2D eigenvalue weighted by Crippen LogP contribution is 2.29. The number of rotatable bonds is 3. The number of hydrogen-bond acceptors (Lipinski definition) is 4. The summed E-state index contributed by atoms with van der Waals surface area (Å²) in [6, 6.07) is 9.62. The quantitative estimate of drug-likeness (QED) is 0.506. The number of anilines is 1. The Labute approximate surface area is 160 Å². The monoisotopic (exact) mass is 368 g/mol. The number of amides is 1. The topological polar surface area (TPSA) is 88.0 Å². The van der Waals surface area contributed by atoms with Crippen molar-refractivity contribution in [3.05, 3.63) is 78.6 Å². The summed E-state index contributed by atoms with van der Waals surface area (Å²) in [4.78, 5) is 24.4. The van der Waals surface area contributed by atoms with Crippen LogP contribution in [0.1, 0.15) is 15.9 Å². The van der Waals surface area contributed by atoms with Crippen molar-refractivity contribution in [2.24, 2.45) is 0 Å². The molecule has 0 radical (unpaired) electrons. The third kappa shape index (κ3) is 2.69. The molecule has 0 saturated carbocycles. The van der Waals surface area contributed by atoms with Gasteiger partial charge in [0, 0.05) is 35.7 Å². The van der Waals surface area contributed by atoms with E-state index in [0.717, 1.165) is 33.2 Å². The number of hydrogen-bond donors (Lipinski definition) is 2. The van der Waals surface area contributed by atoms with Gasteiger partial charge in [-0.3, -0.25) is 9.78 Å². The predicted molar refractivity (Wildman–Crippen MR) is 107 cm³/mol. The van der Waals surface area contributed by atoms with Crippen LogP contribution in [0.25, 0.3) is 27.7 Å². The number of pyridine rings is 3. The molecule has 7 heteroatoms. The van der Waals surface area contributed by atoms with E-state index in [1.54, 1.807) is 35.2 Å². The molecule has 0 aliphatic carbocycles. The Morgan fingerprint density at radius 3 is 2.96 bits per heavy atom. The van der Waals surface area contributed by atoms with Crippen LogP contribution >= 0.6 is 0 Å². The van der Waals surface area contributed by atoms with Gasteiger partial charge in [-0.25, -0.2) is 9.50 Å². The average molecular weight is 368 g/mol. The highest BCUT2D eigenvalue weighted by atomic mass is 16.1. The van der Waals surface area contributed by atoms with Crippen molar-refractivity contribution in [1.82, 2.24) is 24.6 Å². The summed E-state index contributed by atoms with van der Waals surface area (Å²) in [5, 5.41) is 8.20. The zero-order valence-electron chi connectivity index (χ0n) is 15.0. The molecule has 0 fully saturated rings. The van der Waals surface area contributed by atoms with Crippen LogP contribution in [0.3, 0.4) is 0 Å². The molecular weight excluding hydrogens is 352 g/mol. The smallest absolute Gasteiger partial charge is 0.259 e. The SMILES string of the molecule is Cc1cnc2[nH]cc(-c3ccn4ncc(C(=O)Nc5cccnc5)c4c3)c2c1. The number of H-pyrrole nitrogens is 1. The van der Waals surface area contributed by atoms with Crippen molar-refractivity contribution in [2.75, 3.05) is 5.32 Å². The molecule has 0 bridgehead atoms. The summed E-state index contributed by atoms with van der Waals surface area (Å²) in [7, 11) is 0. The molecule has 1 amide bonds. The van der Waals surface area contributed by atoms with Crippen LogP contribution in [0.15, 0.2) is 67.5 Å². The van der Waals surface area contributed by atoms with E-state index in [4.69, 9.17) is 0 Å². The Morgan fingerprint density at radius 1 is 1.18 bits per heavy atom. The molecule has 5 rings (SSSR count). The summed E-state index contributed by atoms with van der Waals surface area (Å²) in [5.74, 6) is -0.225. The van der Waals surface area contributed by atoms with Crippen LogP contribution in [0.4, 0.5) is 5.69 Å². The summed E-state index contributed by atoms with van der Waals surface area (Å²) in [6.45, 7) is 2.02. The lowest BCUT2D eigenvalue weighted by Crippen LogP contribution is -2.11. The van der Waals surface area contributed by atoms with Gasteiger partial charge in [0.25, 0.3) is 5.91 Å². The first-order valence-corrected chi connectivity index (χ1v) is 8.82. The fraction of sp³-hybridized carbons (Fsp3) is 0.0476. The minimum Gasteiger partial charge on any atom is -0.346 e. The molecule has 136 valence electrons. The molecule has 0 atom stereocenters. The molecular formula is C21H16N6O. The normalized spacial score (nSPS) is 11.2. The van der Waals surface area contributed by atoms with Crippen LogP contribution in [0.2, 0.25) is 0 Å². The molecule has 0 spiro atoms. The fourth-order valence-corrected chi connectivity index (χ4v) is 3.30. The molecule has 5 heterocycles. The van der Waals surface area contributed by atoms with Gasteiger partial charge in [-0.1, -0.05) is 0 Å². The van der Waals surface area contributed by atoms with Crippen molar-refractivity contribution in [3.63, 3.8) is 0 Å². The number of aromatic nitrogens is 5. The summed E-state index contributed by atoms with van der Waals surface area (Å²) < 4.78 is 1.69. The maximum Gasteiger partial charge on any atom is 0.259 e. The van der Waals surface area contributed by atoms with E-state index in [0.29, 0.717) is 11.3 Å². The average Bonchev–Trinajstić information content (AvgIpc) is 3.32. The van der Waals surface area contributed by atoms with Crippen molar-refractivity contribution in [1.29, 1.82) is 0 Å². The summed E-state index contributed by atoms with van der Waals surface area (Å²) >= 11 is 0. The molecule has 0 aliphatic rings. The third-order valence-electron chi connectivity index (χ3n) is 4.66. The van der Waals surface area contributed by atoms with Gasteiger partial charge < -0.3 is 10.3 Å². The van der Waals surface area contributed by atoms with E-state index in [-0.39, 0.29) is 5.91 Å². The van der Waals surface area contributed by atoms with Crippen LogP contribution in [0, 0.1) is 6.92 Å². The molecule has 0 aliphatic heterocycles. The number of fused-ring (bicyclic) bond motifs is 2.